The van der Waals surface area contributed by atoms with E-state index >= 15 is 0 Å². The van der Waals surface area contributed by atoms with Crippen molar-refractivity contribution in [1.82, 2.24) is 14.3 Å². The Balaban J connectivity index is 1.98. The Morgan fingerprint density at radius 1 is 1.08 bits per heavy atom. The highest BCUT2D eigenvalue weighted by atomic mass is 32.2. The van der Waals surface area contributed by atoms with E-state index < -0.39 is 16.1 Å². The Morgan fingerprint density at radius 3 is 2.32 bits per heavy atom. The lowest BCUT2D eigenvalue weighted by Gasteiger charge is -2.19. The molecule has 6 heteroatoms. The van der Waals surface area contributed by atoms with E-state index in [1.807, 2.05) is 61.0 Å². The Labute approximate surface area is 148 Å². The van der Waals surface area contributed by atoms with Crippen LogP contribution < -0.4 is 4.72 Å². The Bertz CT molecular complexity index is 932. The maximum Gasteiger partial charge on any atom is 0.241 e. The van der Waals surface area contributed by atoms with Gasteiger partial charge in [0.25, 0.3) is 0 Å². The van der Waals surface area contributed by atoms with Crippen LogP contribution in [0.1, 0.15) is 29.9 Å². The lowest BCUT2D eigenvalue weighted by molar-refractivity contribution is 0.563. The van der Waals surface area contributed by atoms with Gasteiger partial charge in [-0.3, -0.25) is 0 Å². The molecule has 130 valence electrons. The molecule has 0 spiro atoms. The minimum atomic E-state index is -3.68. The number of benzene rings is 2. The van der Waals surface area contributed by atoms with Crippen molar-refractivity contribution in [2.75, 3.05) is 0 Å². The van der Waals surface area contributed by atoms with Gasteiger partial charge in [-0.15, -0.1) is 0 Å². The van der Waals surface area contributed by atoms with E-state index in [9.17, 15) is 8.42 Å². The smallest absolute Gasteiger partial charge is 0.241 e. The van der Waals surface area contributed by atoms with Crippen LogP contribution in [-0.4, -0.2) is 18.0 Å². The topological polar surface area (TPSA) is 64.0 Å². The summed E-state index contributed by atoms with van der Waals surface area (Å²) in [5.74, 6) is 0.639. The van der Waals surface area contributed by atoms with Crippen molar-refractivity contribution in [2.45, 2.75) is 24.3 Å². The molecular formula is C19H21N3O2S. The second kappa shape index (κ2) is 7.21. The molecule has 3 aromatic rings. The first-order valence-corrected chi connectivity index (χ1v) is 9.63. The molecular weight excluding hydrogens is 334 g/mol. The molecule has 0 aliphatic heterocycles. The van der Waals surface area contributed by atoms with E-state index in [-0.39, 0.29) is 4.90 Å². The molecule has 0 saturated heterocycles. The van der Waals surface area contributed by atoms with Gasteiger partial charge in [-0.2, -0.15) is 4.72 Å². The number of hydrogen-bond acceptors (Lipinski definition) is 3. The minimum Gasteiger partial charge on any atom is -0.336 e. The third kappa shape index (κ3) is 3.81. The Hall–Kier alpha value is -2.44. The van der Waals surface area contributed by atoms with Crippen molar-refractivity contribution in [3.05, 3.63) is 83.9 Å². The molecule has 3 rings (SSSR count). The van der Waals surface area contributed by atoms with Crippen molar-refractivity contribution >= 4 is 10.0 Å². The predicted molar refractivity (Wildman–Crippen MR) is 97.6 cm³/mol. The van der Waals surface area contributed by atoms with Crippen molar-refractivity contribution in [2.24, 2.45) is 7.05 Å². The highest BCUT2D eigenvalue weighted by Crippen LogP contribution is 2.23. The van der Waals surface area contributed by atoms with Gasteiger partial charge < -0.3 is 4.57 Å². The molecule has 0 bridgehead atoms. The predicted octanol–water partition coefficient (Wildman–Crippen LogP) is 3.05. The van der Waals surface area contributed by atoms with Gasteiger partial charge >= 0.3 is 0 Å². The molecule has 0 radical (unpaired) electrons. The van der Waals surface area contributed by atoms with E-state index in [1.54, 1.807) is 24.5 Å². The standard InChI is InChI=1S/C19H21N3O2S/c1-3-15-9-11-17(12-10-15)25(23,24)21-18(16-7-5-4-6-8-16)19-20-13-14-22(19)2/h4-14,18,21H,3H2,1-2H3. The highest BCUT2D eigenvalue weighted by molar-refractivity contribution is 7.89. The van der Waals surface area contributed by atoms with Gasteiger partial charge in [0.05, 0.1) is 4.90 Å². The van der Waals surface area contributed by atoms with Crippen LogP contribution in [0, 0.1) is 0 Å². The summed E-state index contributed by atoms with van der Waals surface area (Å²) < 4.78 is 30.4. The number of rotatable bonds is 6. The summed E-state index contributed by atoms with van der Waals surface area (Å²) in [6.45, 7) is 2.04. The van der Waals surface area contributed by atoms with Crippen LogP contribution in [0.2, 0.25) is 0 Å². The lowest BCUT2D eigenvalue weighted by atomic mass is 10.1. The van der Waals surface area contributed by atoms with Gasteiger partial charge in [-0.1, -0.05) is 49.4 Å². The molecule has 0 fully saturated rings. The van der Waals surface area contributed by atoms with E-state index in [4.69, 9.17) is 0 Å². The molecule has 1 aromatic heterocycles. The third-order valence-corrected chi connectivity index (χ3v) is 5.60. The van der Waals surface area contributed by atoms with Gasteiger partial charge in [-0.25, -0.2) is 13.4 Å². The number of aryl methyl sites for hydroxylation is 2. The lowest BCUT2D eigenvalue weighted by Crippen LogP contribution is -2.31. The van der Waals surface area contributed by atoms with Crippen molar-refractivity contribution in [1.29, 1.82) is 0 Å². The molecule has 2 aromatic carbocycles. The number of imidazole rings is 1. The van der Waals surface area contributed by atoms with Crippen LogP contribution in [0.4, 0.5) is 0 Å². The van der Waals surface area contributed by atoms with Crippen LogP contribution in [-0.2, 0) is 23.5 Å². The number of aromatic nitrogens is 2. The van der Waals surface area contributed by atoms with Crippen LogP contribution in [0.5, 0.6) is 0 Å². The van der Waals surface area contributed by atoms with Gasteiger partial charge in [0.15, 0.2) is 0 Å². The number of nitrogens with zero attached hydrogens (tertiary/aromatic N) is 2. The summed E-state index contributed by atoms with van der Waals surface area (Å²) in [5.41, 5.74) is 1.94. The van der Waals surface area contributed by atoms with Crippen molar-refractivity contribution in [3.8, 4) is 0 Å². The molecule has 0 saturated carbocycles. The summed E-state index contributed by atoms with van der Waals surface area (Å²) >= 11 is 0. The summed E-state index contributed by atoms with van der Waals surface area (Å²) in [5, 5.41) is 0. The molecule has 0 amide bonds. The van der Waals surface area contributed by atoms with Crippen LogP contribution in [0.15, 0.2) is 71.9 Å². The number of sulfonamides is 1. The number of hydrogen-bond donors (Lipinski definition) is 1. The van der Waals surface area contributed by atoms with E-state index in [2.05, 4.69) is 9.71 Å². The monoisotopic (exact) mass is 355 g/mol. The molecule has 1 unspecified atom stereocenters. The normalized spacial score (nSPS) is 12.9. The summed E-state index contributed by atoms with van der Waals surface area (Å²) in [7, 11) is -1.83. The number of nitrogens with one attached hydrogen (secondary N) is 1. The van der Waals surface area contributed by atoms with Crippen LogP contribution in [0.3, 0.4) is 0 Å². The molecule has 0 aliphatic carbocycles. The van der Waals surface area contributed by atoms with Gasteiger partial charge in [0.1, 0.15) is 11.9 Å². The average Bonchev–Trinajstić information content (AvgIpc) is 3.06. The zero-order valence-electron chi connectivity index (χ0n) is 14.3. The summed E-state index contributed by atoms with van der Waals surface area (Å²) in [4.78, 5) is 4.58. The first-order chi connectivity index (χ1) is 12.0. The zero-order chi connectivity index (χ0) is 17.9. The molecule has 1 N–H and O–H groups in total. The molecule has 5 nitrogen and oxygen atoms in total. The van der Waals surface area contributed by atoms with E-state index in [1.165, 1.54) is 0 Å². The Kier molecular flexibility index (Phi) is 5.01. The molecule has 1 atom stereocenters. The van der Waals surface area contributed by atoms with Gasteiger partial charge in [0, 0.05) is 19.4 Å². The Morgan fingerprint density at radius 2 is 1.76 bits per heavy atom. The SMILES string of the molecule is CCc1ccc(S(=O)(=O)NC(c2ccccc2)c2nccn2C)cc1. The fraction of sp³-hybridized carbons (Fsp3) is 0.211. The quantitative estimate of drug-likeness (QED) is 0.739. The maximum atomic E-state index is 12.9. The average molecular weight is 355 g/mol. The highest BCUT2D eigenvalue weighted by Gasteiger charge is 2.25. The molecule has 0 aliphatic rings. The zero-order valence-corrected chi connectivity index (χ0v) is 15.1. The summed E-state index contributed by atoms with van der Waals surface area (Å²) in [6.07, 6.45) is 4.33. The first kappa shape index (κ1) is 17.4. The largest absolute Gasteiger partial charge is 0.336 e. The fourth-order valence-electron chi connectivity index (χ4n) is 2.70. The van der Waals surface area contributed by atoms with Gasteiger partial charge in [-0.05, 0) is 29.7 Å². The molecule has 1 heterocycles. The first-order valence-electron chi connectivity index (χ1n) is 8.14. The maximum absolute atomic E-state index is 12.9. The second-order valence-corrected chi connectivity index (χ2v) is 7.57. The third-order valence-electron chi connectivity index (χ3n) is 4.16. The second-order valence-electron chi connectivity index (χ2n) is 5.86. The van der Waals surface area contributed by atoms with Crippen LogP contribution in [0.25, 0.3) is 0 Å². The van der Waals surface area contributed by atoms with Crippen LogP contribution >= 0.6 is 0 Å². The van der Waals surface area contributed by atoms with Crippen molar-refractivity contribution in [3.63, 3.8) is 0 Å². The van der Waals surface area contributed by atoms with Crippen molar-refractivity contribution < 1.29 is 8.42 Å². The molecule has 25 heavy (non-hydrogen) atoms. The van der Waals surface area contributed by atoms with E-state index in [0.717, 1.165) is 17.5 Å². The minimum absolute atomic E-state index is 0.250. The van der Waals surface area contributed by atoms with Gasteiger partial charge in [0.2, 0.25) is 10.0 Å². The fourth-order valence-corrected chi connectivity index (χ4v) is 3.88. The van der Waals surface area contributed by atoms with E-state index in [0.29, 0.717) is 5.82 Å². The summed E-state index contributed by atoms with van der Waals surface area (Å²) in [6, 6.07) is 15.9.